The lowest BCUT2D eigenvalue weighted by Gasteiger charge is -2.35. The molecule has 0 spiro atoms. The maximum atomic E-state index is 10.4. The van der Waals surface area contributed by atoms with E-state index in [1.165, 1.54) is 5.56 Å². The Hall–Kier alpha value is -1.88. The average molecular weight is 340 g/mol. The molecule has 1 heterocycles. The van der Waals surface area contributed by atoms with Crippen LogP contribution >= 0.6 is 0 Å². The summed E-state index contributed by atoms with van der Waals surface area (Å²) in [5.41, 5.74) is 2.35. The van der Waals surface area contributed by atoms with E-state index in [-0.39, 0.29) is 0 Å². The van der Waals surface area contributed by atoms with Gasteiger partial charge in [-0.2, -0.15) is 0 Å². The van der Waals surface area contributed by atoms with Crippen LogP contribution in [0.3, 0.4) is 0 Å². The lowest BCUT2D eigenvalue weighted by atomic mass is 10.1. The molecule has 0 amide bonds. The van der Waals surface area contributed by atoms with E-state index in [9.17, 15) is 5.11 Å². The van der Waals surface area contributed by atoms with Gasteiger partial charge < -0.3 is 14.7 Å². The van der Waals surface area contributed by atoms with Crippen molar-refractivity contribution >= 4 is 0 Å². The standard InChI is InChI=1S/C21H28N2O2/c1-25-20-9-7-18(8-10-20)11-12-22-13-15-23(16-14-22)17-21(24)19-5-3-2-4-6-19/h2-10,21,24H,11-17H2,1H3/t21-/m1/s1. The normalized spacial score (nSPS) is 17.4. The van der Waals surface area contributed by atoms with E-state index in [1.54, 1.807) is 7.11 Å². The van der Waals surface area contributed by atoms with Crippen molar-refractivity contribution in [2.75, 3.05) is 46.4 Å². The van der Waals surface area contributed by atoms with Gasteiger partial charge in [-0.3, -0.25) is 4.90 Å². The molecule has 2 aromatic rings. The van der Waals surface area contributed by atoms with Gasteiger partial charge in [0.25, 0.3) is 0 Å². The van der Waals surface area contributed by atoms with Crippen LogP contribution in [0.5, 0.6) is 5.75 Å². The molecule has 25 heavy (non-hydrogen) atoms. The lowest BCUT2D eigenvalue weighted by Crippen LogP contribution is -2.47. The van der Waals surface area contributed by atoms with Crippen molar-refractivity contribution in [3.63, 3.8) is 0 Å². The summed E-state index contributed by atoms with van der Waals surface area (Å²) in [4.78, 5) is 4.87. The molecule has 3 rings (SSSR count). The Kier molecular flexibility index (Phi) is 6.45. The molecule has 0 bridgehead atoms. The zero-order valence-corrected chi connectivity index (χ0v) is 15.0. The van der Waals surface area contributed by atoms with Gasteiger partial charge in [-0.1, -0.05) is 42.5 Å². The number of β-amino-alcohol motifs (C(OH)–C–C–N with tert-alkyl or cyclic N) is 1. The third-order valence-corrected chi connectivity index (χ3v) is 4.96. The SMILES string of the molecule is COc1ccc(CCN2CCN(C[C@@H](O)c3ccccc3)CC2)cc1. The molecule has 2 aromatic carbocycles. The number of methoxy groups -OCH3 is 1. The van der Waals surface area contributed by atoms with E-state index in [0.29, 0.717) is 0 Å². The average Bonchev–Trinajstić information content (AvgIpc) is 2.68. The van der Waals surface area contributed by atoms with Crippen molar-refractivity contribution in [3.05, 3.63) is 65.7 Å². The molecule has 1 saturated heterocycles. The molecule has 0 unspecified atom stereocenters. The first-order valence-electron chi connectivity index (χ1n) is 9.05. The minimum atomic E-state index is -0.396. The maximum absolute atomic E-state index is 10.4. The summed E-state index contributed by atoms with van der Waals surface area (Å²) >= 11 is 0. The molecule has 1 aliphatic heterocycles. The highest BCUT2D eigenvalue weighted by molar-refractivity contribution is 5.27. The number of hydrogen-bond donors (Lipinski definition) is 1. The van der Waals surface area contributed by atoms with Gasteiger partial charge in [0, 0.05) is 39.3 Å². The third kappa shape index (κ3) is 5.30. The zero-order chi connectivity index (χ0) is 17.5. The Bertz CT molecular complexity index is 622. The van der Waals surface area contributed by atoms with Crippen molar-refractivity contribution < 1.29 is 9.84 Å². The molecule has 4 heteroatoms. The van der Waals surface area contributed by atoms with Gasteiger partial charge in [-0.05, 0) is 29.7 Å². The van der Waals surface area contributed by atoms with E-state index in [4.69, 9.17) is 4.74 Å². The molecule has 1 fully saturated rings. The van der Waals surface area contributed by atoms with Crippen LogP contribution in [-0.2, 0) is 6.42 Å². The first-order chi connectivity index (χ1) is 12.2. The fourth-order valence-corrected chi connectivity index (χ4v) is 3.30. The first-order valence-corrected chi connectivity index (χ1v) is 9.05. The number of aliphatic hydroxyl groups is 1. The molecule has 134 valence electrons. The van der Waals surface area contributed by atoms with Crippen molar-refractivity contribution in [3.8, 4) is 5.75 Å². The molecule has 1 aliphatic rings. The van der Waals surface area contributed by atoms with Gasteiger partial charge in [-0.15, -0.1) is 0 Å². The predicted octanol–water partition coefficient (Wildman–Crippen LogP) is 2.59. The summed E-state index contributed by atoms with van der Waals surface area (Å²) in [6.45, 7) is 5.98. The number of hydrogen-bond acceptors (Lipinski definition) is 4. The van der Waals surface area contributed by atoms with Crippen LogP contribution in [0.4, 0.5) is 0 Å². The fraction of sp³-hybridized carbons (Fsp3) is 0.429. The molecule has 1 N–H and O–H groups in total. The van der Waals surface area contributed by atoms with Gasteiger partial charge in [0.1, 0.15) is 5.75 Å². The number of rotatable bonds is 7. The number of benzene rings is 2. The van der Waals surface area contributed by atoms with Crippen molar-refractivity contribution in [1.29, 1.82) is 0 Å². The maximum Gasteiger partial charge on any atom is 0.118 e. The molecule has 0 aromatic heterocycles. The summed E-state index contributed by atoms with van der Waals surface area (Å²) in [5.74, 6) is 0.911. The second-order valence-electron chi connectivity index (χ2n) is 6.67. The molecule has 0 radical (unpaired) electrons. The van der Waals surface area contributed by atoms with E-state index < -0.39 is 6.10 Å². The molecular formula is C21H28N2O2. The van der Waals surface area contributed by atoms with Gasteiger partial charge in [-0.25, -0.2) is 0 Å². The highest BCUT2D eigenvalue weighted by Gasteiger charge is 2.19. The summed E-state index contributed by atoms with van der Waals surface area (Å²) in [7, 11) is 1.70. The Morgan fingerprint density at radius 3 is 2.20 bits per heavy atom. The van der Waals surface area contributed by atoms with Crippen LogP contribution in [0.1, 0.15) is 17.2 Å². The smallest absolute Gasteiger partial charge is 0.118 e. The highest BCUT2D eigenvalue weighted by atomic mass is 16.5. The van der Waals surface area contributed by atoms with Crippen LogP contribution in [0.15, 0.2) is 54.6 Å². The monoisotopic (exact) mass is 340 g/mol. The zero-order valence-electron chi connectivity index (χ0n) is 15.0. The Morgan fingerprint density at radius 1 is 0.920 bits per heavy atom. The van der Waals surface area contributed by atoms with E-state index in [0.717, 1.165) is 57.0 Å². The van der Waals surface area contributed by atoms with Crippen LogP contribution < -0.4 is 4.74 Å². The van der Waals surface area contributed by atoms with E-state index in [2.05, 4.69) is 21.9 Å². The molecular weight excluding hydrogens is 312 g/mol. The molecule has 0 aliphatic carbocycles. The first kappa shape index (κ1) is 17.9. The second-order valence-corrected chi connectivity index (χ2v) is 6.67. The minimum absolute atomic E-state index is 0.396. The van der Waals surface area contributed by atoms with Gasteiger partial charge in [0.05, 0.1) is 13.2 Å². The van der Waals surface area contributed by atoms with Crippen LogP contribution in [0, 0.1) is 0 Å². The van der Waals surface area contributed by atoms with Crippen LogP contribution in [-0.4, -0.2) is 61.3 Å². The quantitative estimate of drug-likeness (QED) is 0.840. The van der Waals surface area contributed by atoms with Gasteiger partial charge in [0.2, 0.25) is 0 Å². The van der Waals surface area contributed by atoms with E-state index >= 15 is 0 Å². The van der Waals surface area contributed by atoms with E-state index in [1.807, 2.05) is 42.5 Å². The van der Waals surface area contributed by atoms with Crippen LogP contribution in [0.2, 0.25) is 0 Å². The summed E-state index contributed by atoms with van der Waals surface area (Å²) < 4.78 is 5.20. The van der Waals surface area contributed by atoms with Crippen molar-refractivity contribution in [2.24, 2.45) is 0 Å². The minimum Gasteiger partial charge on any atom is -0.497 e. The Morgan fingerprint density at radius 2 is 1.56 bits per heavy atom. The lowest BCUT2D eigenvalue weighted by molar-refractivity contribution is 0.0730. The summed E-state index contributed by atoms with van der Waals surface area (Å²) in [5, 5.41) is 10.4. The molecule has 4 nitrogen and oxygen atoms in total. The Balaban J connectivity index is 1.39. The van der Waals surface area contributed by atoms with Crippen LogP contribution in [0.25, 0.3) is 0 Å². The highest BCUT2D eigenvalue weighted by Crippen LogP contribution is 2.16. The fourth-order valence-electron chi connectivity index (χ4n) is 3.30. The number of nitrogens with zero attached hydrogens (tertiary/aromatic N) is 2. The Labute approximate surface area is 150 Å². The molecule has 0 saturated carbocycles. The topological polar surface area (TPSA) is 35.9 Å². The van der Waals surface area contributed by atoms with Crippen molar-refractivity contribution in [1.82, 2.24) is 9.80 Å². The van der Waals surface area contributed by atoms with Crippen molar-refractivity contribution in [2.45, 2.75) is 12.5 Å². The van der Waals surface area contributed by atoms with Gasteiger partial charge >= 0.3 is 0 Å². The summed E-state index contributed by atoms with van der Waals surface area (Å²) in [6, 6.07) is 18.3. The summed E-state index contributed by atoms with van der Waals surface area (Å²) in [6.07, 6.45) is 0.670. The van der Waals surface area contributed by atoms with Gasteiger partial charge in [0.15, 0.2) is 0 Å². The molecule has 1 atom stereocenters. The second kappa shape index (κ2) is 8.99. The number of ether oxygens (including phenoxy) is 1. The number of aliphatic hydroxyl groups excluding tert-OH is 1. The number of piperazine rings is 1. The third-order valence-electron chi connectivity index (χ3n) is 4.96. The predicted molar refractivity (Wildman–Crippen MR) is 101 cm³/mol. The largest absolute Gasteiger partial charge is 0.497 e.